The van der Waals surface area contributed by atoms with Gasteiger partial charge in [0.05, 0.1) is 17.8 Å². The number of carboxylic acid groups (broad SMARTS) is 1. The number of hydrogen-bond acceptors (Lipinski definition) is 5. The Balaban J connectivity index is 3.17. The first-order chi connectivity index (χ1) is 8.99. The Morgan fingerprint density at radius 2 is 2.32 bits per heavy atom. The second-order valence-corrected chi connectivity index (χ2v) is 4.05. The lowest BCUT2D eigenvalue weighted by Crippen LogP contribution is -2.23. The highest BCUT2D eigenvalue weighted by Crippen LogP contribution is 2.37. The second kappa shape index (κ2) is 6.84. The van der Waals surface area contributed by atoms with Crippen molar-refractivity contribution in [3.8, 4) is 11.5 Å². The summed E-state index contributed by atoms with van der Waals surface area (Å²) in [5.41, 5.74) is 0.631. The van der Waals surface area contributed by atoms with Gasteiger partial charge in [-0.1, -0.05) is 11.6 Å². The zero-order valence-corrected chi connectivity index (χ0v) is 11.3. The van der Waals surface area contributed by atoms with Crippen molar-refractivity contribution in [2.75, 3.05) is 6.61 Å². The zero-order valence-electron chi connectivity index (χ0n) is 10.6. The van der Waals surface area contributed by atoms with Gasteiger partial charge in [-0.05, 0) is 31.5 Å². The first-order valence-electron chi connectivity index (χ1n) is 5.58. The largest absolute Gasteiger partial charge is 0.490 e. The molecule has 0 aromatic heterocycles. The van der Waals surface area contributed by atoms with Crippen molar-refractivity contribution in [2.45, 2.75) is 20.0 Å². The predicted molar refractivity (Wildman–Crippen MR) is 72.1 cm³/mol. The highest BCUT2D eigenvalue weighted by Gasteiger charge is 2.19. The first-order valence-corrected chi connectivity index (χ1v) is 5.96. The lowest BCUT2D eigenvalue weighted by atomic mass is 10.2. The van der Waals surface area contributed by atoms with Crippen LogP contribution in [0.1, 0.15) is 19.4 Å². The van der Waals surface area contributed by atoms with Crippen molar-refractivity contribution < 1.29 is 19.4 Å². The molecule has 0 fully saturated rings. The normalized spacial score (nSPS) is 12.4. The topological polar surface area (TPSA) is 94.1 Å². The van der Waals surface area contributed by atoms with Crippen LogP contribution < -0.4 is 15.3 Å². The molecule has 19 heavy (non-hydrogen) atoms. The minimum absolute atomic E-state index is 0.188. The van der Waals surface area contributed by atoms with Crippen LogP contribution in [-0.2, 0) is 4.79 Å². The quantitative estimate of drug-likeness (QED) is 0.473. The molecular weight excluding hydrogens is 272 g/mol. The van der Waals surface area contributed by atoms with Gasteiger partial charge in [0, 0.05) is 0 Å². The van der Waals surface area contributed by atoms with Gasteiger partial charge in [0.1, 0.15) is 0 Å². The lowest BCUT2D eigenvalue weighted by molar-refractivity contribution is -0.144. The van der Waals surface area contributed by atoms with Crippen LogP contribution in [-0.4, -0.2) is 30.0 Å². The molecule has 0 bridgehead atoms. The first kappa shape index (κ1) is 15.1. The number of carboxylic acids is 1. The van der Waals surface area contributed by atoms with Gasteiger partial charge in [-0.15, -0.1) is 0 Å². The second-order valence-electron chi connectivity index (χ2n) is 3.64. The summed E-state index contributed by atoms with van der Waals surface area (Å²) in [5, 5.41) is 12.5. The molecule has 1 aromatic rings. The van der Waals surface area contributed by atoms with Crippen molar-refractivity contribution in [1.29, 1.82) is 0 Å². The van der Waals surface area contributed by atoms with Gasteiger partial charge in [-0.2, -0.15) is 5.10 Å². The summed E-state index contributed by atoms with van der Waals surface area (Å²) in [6.07, 6.45) is 0.365. The van der Waals surface area contributed by atoms with E-state index in [4.69, 9.17) is 32.0 Å². The van der Waals surface area contributed by atoms with Gasteiger partial charge in [-0.25, -0.2) is 4.79 Å². The number of ether oxygens (including phenoxy) is 2. The molecule has 0 aliphatic carbocycles. The Morgan fingerprint density at radius 1 is 1.63 bits per heavy atom. The van der Waals surface area contributed by atoms with E-state index in [1.54, 1.807) is 19.1 Å². The van der Waals surface area contributed by atoms with Crippen molar-refractivity contribution >= 4 is 23.8 Å². The summed E-state index contributed by atoms with van der Waals surface area (Å²) in [4.78, 5) is 10.8. The summed E-state index contributed by atoms with van der Waals surface area (Å²) in [7, 11) is 0. The van der Waals surface area contributed by atoms with E-state index in [1.165, 1.54) is 13.1 Å². The third kappa shape index (κ3) is 4.03. The number of aliphatic carboxylic acids is 1. The maximum Gasteiger partial charge on any atom is 0.344 e. The van der Waals surface area contributed by atoms with E-state index in [0.29, 0.717) is 17.9 Å². The van der Waals surface area contributed by atoms with E-state index in [-0.39, 0.29) is 10.8 Å². The van der Waals surface area contributed by atoms with Crippen molar-refractivity contribution in [2.24, 2.45) is 10.9 Å². The van der Waals surface area contributed by atoms with Crippen LogP contribution in [0.2, 0.25) is 5.02 Å². The maximum absolute atomic E-state index is 10.8. The molecule has 0 spiro atoms. The van der Waals surface area contributed by atoms with E-state index in [2.05, 4.69) is 5.10 Å². The molecule has 7 heteroatoms. The molecule has 1 aromatic carbocycles. The molecular formula is C12H15ClN2O4. The third-order valence-electron chi connectivity index (χ3n) is 2.20. The minimum atomic E-state index is -1.09. The van der Waals surface area contributed by atoms with Gasteiger partial charge in [-0.3, -0.25) is 0 Å². The Kier molecular flexibility index (Phi) is 5.44. The maximum atomic E-state index is 10.8. The Hall–Kier alpha value is -1.95. The molecule has 1 atom stereocenters. The zero-order chi connectivity index (χ0) is 14.4. The number of rotatable bonds is 6. The van der Waals surface area contributed by atoms with Crippen LogP contribution in [0.4, 0.5) is 0 Å². The fourth-order valence-electron chi connectivity index (χ4n) is 1.35. The lowest BCUT2D eigenvalue weighted by Gasteiger charge is -2.16. The average Bonchev–Trinajstić information content (AvgIpc) is 2.34. The van der Waals surface area contributed by atoms with Gasteiger partial charge in [0.2, 0.25) is 0 Å². The predicted octanol–water partition coefficient (Wildman–Crippen LogP) is 1.88. The van der Waals surface area contributed by atoms with Crippen molar-refractivity contribution in [3.05, 3.63) is 22.7 Å². The Morgan fingerprint density at radius 3 is 2.84 bits per heavy atom. The molecule has 104 valence electrons. The third-order valence-corrected chi connectivity index (χ3v) is 2.48. The Labute approximate surface area is 115 Å². The summed E-state index contributed by atoms with van der Waals surface area (Å²) in [6.45, 7) is 3.59. The van der Waals surface area contributed by atoms with Crippen LogP contribution in [0.3, 0.4) is 0 Å². The van der Waals surface area contributed by atoms with Crippen LogP contribution in [0.5, 0.6) is 11.5 Å². The molecule has 6 nitrogen and oxygen atoms in total. The van der Waals surface area contributed by atoms with Gasteiger partial charge in [0.25, 0.3) is 0 Å². The fraction of sp³-hybridized carbons (Fsp3) is 0.333. The number of nitrogens with two attached hydrogens (primary N) is 1. The molecule has 1 rings (SSSR count). The number of benzene rings is 1. The van der Waals surface area contributed by atoms with Crippen LogP contribution in [0.25, 0.3) is 0 Å². The Bertz CT molecular complexity index is 491. The molecule has 3 N–H and O–H groups in total. The molecule has 0 saturated heterocycles. The number of hydrogen-bond donors (Lipinski definition) is 2. The van der Waals surface area contributed by atoms with E-state index in [0.717, 1.165) is 0 Å². The van der Waals surface area contributed by atoms with Crippen LogP contribution >= 0.6 is 11.6 Å². The van der Waals surface area contributed by atoms with E-state index >= 15 is 0 Å². The molecule has 0 amide bonds. The number of nitrogens with zero attached hydrogens (tertiary/aromatic N) is 1. The van der Waals surface area contributed by atoms with E-state index in [1.807, 2.05) is 0 Å². The highest BCUT2D eigenvalue weighted by molar-refractivity contribution is 6.32. The monoisotopic (exact) mass is 286 g/mol. The summed E-state index contributed by atoms with van der Waals surface area (Å²) in [6, 6.07) is 3.18. The molecule has 0 aliphatic rings. The number of carbonyl (C=O) groups is 1. The average molecular weight is 287 g/mol. The summed E-state index contributed by atoms with van der Waals surface area (Å²) < 4.78 is 10.7. The van der Waals surface area contributed by atoms with Crippen LogP contribution in [0.15, 0.2) is 17.2 Å². The van der Waals surface area contributed by atoms with E-state index in [9.17, 15) is 4.79 Å². The van der Waals surface area contributed by atoms with Gasteiger partial charge in [0.15, 0.2) is 17.6 Å². The smallest absolute Gasteiger partial charge is 0.344 e. The fourth-order valence-corrected chi connectivity index (χ4v) is 1.62. The highest BCUT2D eigenvalue weighted by atomic mass is 35.5. The van der Waals surface area contributed by atoms with Gasteiger partial charge >= 0.3 is 5.97 Å². The van der Waals surface area contributed by atoms with Crippen molar-refractivity contribution in [3.63, 3.8) is 0 Å². The molecule has 0 radical (unpaired) electrons. The minimum Gasteiger partial charge on any atom is -0.490 e. The SMILES string of the molecule is CCOc1cc(C=NN)cc(Cl)c1OC(C)C(=O)O. The van der Waals surface area contributed by atoms with Crippen LogP contribution in [0, 0.1) is 0 Å². The number of halogens is 1. The standard InChI is InChI=1S/C12H15ClN2O4/c1-3-18-10-5-8(6-15-14)4-9(13)11(10)19-7(2)12(16)17/h4-7H,3,14H2,1-2H3,(H,16,17). The summed E-state index contributed by atoms with van der Waals surface area (Å²) in [5.74, 6) is 4.51. The number of hydrazone groups is 1. The molecule has 0 saturated carbocycles. The summed E-state index contributed by atoms with van der Waals surface area (Å²) >= 11 is 6.05. The van der Waals surface area contributed by atoms with Crippen molar-refractivity contribution in [1.82, 2.24) is 0 Å². The molecule has 0 heterocycles. The molecule has 1 unspecified atom stereocenters. The molecule has 0 aliphatic heterocycles. The van der Waals surface area contributed by atoms with Gasteiger partial charge < -0.3 is 20.4 Å². The van der Waals surface area contributed by atoms with E-state index < -0.39 is 12.1 Å².